The molecule has 0 spiro atoms. The molecule has 0 bridgehead atoms. The molecule has 1 fully saturated rings. The fourth-order valence-electron chi connectivity index (χ4n) is 3.64. The van der Waals surface area contributed by atoms with Crippen LogP contribution in [0.3, 0.4) is 0 Å². The van der Waals surface area contributed by atoms with Gasteiger partial charge in [-0.15, -0.1) is 0 Å². The van der Waals surface area contributed by atoms with Crippen molar-refractivity contribution >= 4 is 28.6 Å². The van der Waals surface area contributed by atoms with Crippen molar-refractivity contribution in [1.82, 2.24) is 14.5 Å². The molecule has 4 rings (SSSR count). The van der Waals surface area contributed by atoms with Crippen LogP contribution in [-0.4, -0.2) is 60.4 Å². The van der Waals surface area contributed by atoms with E-state index < -0.39 is 5.97 Å². The number of halogens is 1. The second-order valence-electron chi connectivity index (χ2n) is 7.22. The average molecular weight is 412 g/mol. The van der Waals surface area contributed by atoms with E-state index in [9.17, 15) is 9.18 Å². The number of ether oxygens (including phenoxy) is 2. The number of methoxy groups -OCH3 is 1. The number of aryl methyl sites for hydroxylation is 1. The summed E-state index contributed by atoms with van der Waals surface area (Å²) in [5.74, 6) is -0.0327. The molecule has 0 unspecified atom stereocenters. The predicted octanol–water partition coefficient (Wildman–Crippen LogP) is 3.43. The molecule has 7 nitrogen and oxygen atoms in total. The first-order valence-corrected chi connectivity index (χ1v) is 10.1. The lowest BCUT2D eigenvalue weighted by molar-refractivity contribution is 0.0370. The molecule has 0 saturated carbocycles. The summed E-state index contributed by atoms with van der Waals surface area (Å²) in [4.78, 5) is 19.0. The van der Waals surface area contributed by atoms with Crippen LogP contribution in [0.25, 0.3) is 11.0 Å². The highest BCUT2D eigenvalue weighted by Gasteiger charge is 2.15. The third-order valence-electron chi connectivity index (χ3n) is 5.23. The minimum atomic E-state index is -0.396. The van der Waals surface area contributed by atoms with Crippen LogP contribution in [0, 0.1) is 5.82 Å². The molecule has 0 atom stereocenters. The van der Waals surface area contributed by atoms with Gasteiger partial charge in [0.1, 0.15) is 5.82 Å². The van der Waals surface area contributed by atoms with Gasteiger partial charge in [-0.25, -0.2) is 14.2 Å². The van der Waals surface area contributed by atoms with Crippen molar-refractivity contribution < 1.29 is 18.7 Å². The molecule has 1 aromatic heterocycles. The Morgan fingerprint density at radius 1 is 1.17 bits per heavy atom. The van der Waals surface area contributed by atoms with Crippen molar-refractivity contribution in [1.29, 1.82) is 0 Å². The Morgan fingerprint density at radius 3 is 2.67 bits per heavy atom. The minimum Gasteiger partial charge on any atom is -0.465 e. The molecule has 1 aliphatic rings. The summed E-state index contributed by atoms with van der Waals surface area (Å²) in [6.07, 6.45) is 0.947. The van der Waals surface area contributed by atoms with E-state index in [4.69, 9.17) is 9.47 Å². The highest BCUT2D eigenvalue weighted by atomic mass is 19.1. The van der Waals surface area contributed by atoms with Crippen LogP contribution in [0.5, 0.6) is 0 Å². The Kier molecular flexibility index (Phi) is 6.25. The monoisotopic (exact) mass is 412 g/mol. The second kappa shape index (κ2) is 9.23. The quantitative estimate of drug-likeness (QED) is 0.600. The Bertz CT molecular complexity index is 1010. The molecule has 8 heteroatoms. The van der Waals surface area contributed by atoms with Crippen molar-refractivity contribution in [2.24, 2.45) is 0 Å². The maximum atomic E-state index is 13.3. The number of benzene rings is 2. The van der Waals surface area contributed by atoms with E-state index in [0.717, 1.165) is 57.0 Å². The SMILES string of the molecule is COC(=O)c1ccc2c(c1)nc(Nc1ccc(F)cc1)n2CCCN1CCOCC1. The van der Waals surface area contributed by atoms with Gasteiger partial charge in [0.05, 0.1) is 36.9 Å². The number of fused-ring (bicyclic) bond motifs is 1. The smallest absolute Gasteiger partial charge is 0.337 e. The third kappa shape index (κ3) is 4.60. The maximum absolute atomic E-state index is 13.3. The molecule has 0 amide bonds. The van der Waals surface area contributed by atoms with Crippen LogP contribution in [0.1, 0.15) is 16.8 Å². The number of hydrogen-bond donors (Lipinski definition) is 1. The van der Waals surface area contributed by atoms with Gasteiger partial charge in [-0.1, -0.05) is 0 Å². The Balaban J connectivity index is 1.59. The van der Waals surface area contributed by atoms with E-state index in [0.29, 0.717) is 17.0 Å². The lowest BCUT2D eigenvalue weighted by Crippen LogP contribution is -2.37. The maximum Gasteiger partial charge on any atom is 0.337 e. The third-order valence-corrected chi connectivity index (χ3v) is 5.23. The number of anilines is 2. The molecule has 2 heterocycles. The van der Waals surface area contributed by atoms with Crippen LogP contribution >= 0.6 is 0 Å². The van der Waals surface area contributed by atoms with Gasteiger partial charge in [-0.05, 0) is 48.9 Å². The topological polar surface area (TPSA) is 68.6 Å². The van der Waals surface area contributed by atoms with E-state index in [-0.39, 0.29) is 5.82 Å². The standard InChI is InChI=1S/C22H25FN4O3/c1-29-21(28)16-3-8-20-19(15-16)25-22(24-18-6-4-17(23)5-7-18)27(20)10-2-9-26-11-13-30-14-12-26/h3-8,15H,2,9-14H2,1H3,(H,24,25). The number of rotatable bonds is 7. The van der Waals surface area contributed by atoms with Crippen LogP contribution in [-0.2, 0) is 16.0 Å². The highest BCUT2D eigenvalue weighted by molar-refractivity contribution is 5.94. The van der Waals surface area contributed by atoms with E-state index in [1.807, 2.05) is 6.07 Å². The van der Waals surface area contributed by atoms with Crippen molar-refractivity contribution in [3.63, 3.8) is 0 Å². The number of morpholine rings is 1. The molecule has 2 aromatic carbocycles. The normalized spacial score (nSPS) is 14.7. The first-order valence-electron chi connectivity index (χ1n) is 10.1. The zero-order chi connectivity index (χ0) is 20.9. The molecular formula is C22H25FN4O3. The van der Waals surface area contributed by atoms with E-state index in [1.54, 1.807) is 24.3 Å². The Hall–Kier alpha value is -2.97. The molecule has 158 valence electrons. The van der Waals surface area contributed by atoms with E-state index >= 15 is 0 Å². The highest BCUT2D eigenvalue weighted by Crippen LogP contribution is 2.25. The molecule has 0 radical (unpaired) electrons. The van der Waals surface area contributed by atoms with Crippen LogP contribution in [0.2, 0.25) is 0 Å². The van der Waals surface area contributed by atoms with Crippen LogP contribution in [0.15, 0.2) is 42.5 Å². The van der Waals surface area contributed by atoms with Crippen molar-refractivity contribution in [3.8, 4) is 0 Å². The Labute approximate surface area is 174 Å². The van der Waals surface area contributed by atoms with Gasteiger partial charge in [0.2, 0.25) is 5.95 Å². The number of nitrogens with one attached hydrogen (secondary N) is 1. The van der Waals surface area contributed by atoms with Gasteiger partial charge in [-0.2, -0.15) is 0 Å². The molecule has 3 aromatic rings. The fourth-order valence-corrected chi connectivity index (χ4v) is 3.64. The van der Waals surface area contributed by atoms with Gasteiger partial charge < -0.3 is 19.4 Å². The van der Waals surface area contributed by atoms with Gasteiger partial charge in [-0.3, -0.25) is 4.90 Å². The largest absolute Gasteiger partial charge is 0.465 e. The number of carbonyl (C=O) groups excluding carboxylic acids is 1. The number of hydrogen-bond acceptors (Lipinski definition) is 6. The number of esters is 1. The zero-order valence-electron chi connectivity index (χ0n) is 16.9. The summed E-state index contributed by atoms with van der Waals surface area (Å²) in [6.45, 7) is 5.19. The van der Waals surface area contributed by atoms with Gasteiger partial charge in [0.25, 0.3) is 0 Å². The zero-order valence-corrected chi connectivity index (χ0v) is 16.9. The Morgan fingerprint density at radius 2 is 1.93 bits per heavy atom. The molecule has 30 heavy (non-hydrogen) atoms. The lowest BCUT2D eigenvalue weighted by Gasteiger charge is -2.26. The summed E-state index contributed by atoms with van der Waals surface area (Å²) >= 11 is 0. The number of imidazole rings is 1. The summed E-state index contributed by atoms with van der Waals surface area (Å²) in [7, 11) is 1.36. The molecular weight excluding hydrogens is 387 g/mol. The molecule has 1 aliphatic heterocycles. The molecule has 1 N–H and O–H groups in total. The first kappa shape index (κ1) is 20.3. The van der Waals surface area contributed by atoms with Gasteiger partial charge in [0.15, 0.2) is 0 Å². The average Bonchev–Trinajstić information content (AvgIpc) is 3.11. The van der Waals surface area contributed by atoms with Crippen LogP contribution in [0.4, 0.5) is 16.0 Å². The number of nitrogens with zero attached hydrogens (tertiary/aromatic N) is 3. The summed E-state index contributed by atoms with van der Waals surface area (Å²) in [5, 5.41) is 3.28. The summed E-state index contributed by atoms with van der Waals surface area (Å²) in [5.41, 5.74) is 2.83. The molecule has 0 aliphatic carbocycles. The van der Waals surface area contributed by atoms with E-state index in [2.05, 4.69) is 19.8 Å². The van der Waals surface area contributed by atoms with Crippen molar-refractivity contribution in [2.45, 2.75) is 13.0 Å². The van der Waals surface area contributed by atoms with Gasteiger partial charge in [0, 0.05) is 31.9 Å². The number of carbonyl (C=O) groups is 1. The van der Waals surface area contributed by atoms with Crippen molar-refractivity contribution in [3.05, 3.63) is 53.8 Å². The number of aromatic nitrogens is 2. The lowest BCUT2D eigenvalue weighted by atomic mass is 10.2. The van der Waals surface area contributed by atoms with Gasteiger partial charge >= 0.3 is 5.97 Å². The summed E-state index contributed by atoms with van der Waals surface area (Å²) < 4.78 is 25.6. The van der Waals surface area contributed by atoms with E-state index in [1.165, 1.54) is 19.2 Å². The molecule has 1 saturated heterocycles. The minimum absolute atomic E-state index is 0.290. The summed E-state index contributed by atoms with van der Waals surface area (Å²) in [6, 6.07) is 11.5. The van der Waals surface area contributed by atoms with Crippen molar-refractivity contribution in [2.75, 3.05) is 45.3 Å². The predicted molar refractivity (Wildman–Crippen MR) is 113 cm³/mol. The second-order valence-corrected chi connectivity index (χ2v) is 7.22. The van der Waals surface area contributed by atoms with Crippen LogP contribution < -0.4 is 5.32 Å². The fraction of sp³-hybridized carbons (Fsp3) is 0.364. The first-order chi connectivity index (χ1) is 14.6.